The van der Waals surface area contributed by atoms with Gasteiger partial charge in [0.05, 0.1) is 0 Å². The Morgan fingerprint density at radius 3 is 3.14 bits per heavy atom. The Labute approximate surface area is 82.4 Å². The summed E-state index contributed by atoms with van der Waals surface area (Å²) in [6, 6.07) is 5.25. The number of aliphatic imine (C=N–C) groups is 1. The van der Waals surface area contributed by atoms with E-state index in [1.165, 1.54) is 0 Å². The third kappa shape index (κ3) is 1.53. The highest BCUT2D eigenvalue weighted by atomic mass is 16.5. The van der Waals surface area contributed by atoms with E-state index in [9.17, 15) is 4.79 Å². The third-order valence-electron chi connectivity index (χ3n) is 2.18. The van der Waals surface area contributed by atoms with Crippen molar-refractivity contribution in [3.05, 3.63) is 23.8 Å². The van der Waals surface area contributed by atoms with Gasteiger partial charge in [0, 0.05) is 11.8 Å². The zero-order valence-corrected chi connectivity index (χ0v) is 7.93. The molecule has 1 unspecified atom stereocenters. The lowest BCUT2D eigenvalue weighted by atomic mass is 10.2. The van der Waals surface area contributed by atoms with Gasteiger partial charge < -0.3 is 4.74 Å². The fraction of sp³-hybridized carbons (Fsp3) is 0.273. The van der Waals surface area contributed by atoms with E-state index in [4.69, 9.17) is 4.74 Å². The minimum atomic E-state index is 0.0598. The van der Waals surface area contributed by atoms with E-state index in [0.717, 1.165) is 24.1 Å². The van der Waals surface area contributed by atoms with Crippen LogP contribution in [0.3, 0.4) is 0 Å². The Morgan fingerprint density at radius 2 is 2.43 bits per heavy atom. The number of aldehydes is 1. The molecule has 0 aromatic heterocycles. The normalized spacial score (nSPS) is 18.5. The molecule has 1 heterocycles. The predicted molar refractivity (Wildman–Crippen MR) is 54.7 cm³/mol. The number of hydrogen-bond donors (Lipinski definition) is 0. The number of rotatable bonds is 2. The smallest absolute Gasteiger partial charge is 0.150 e. The first-order valence-electron chi connectivity index (χ1n) is 4.63. The molecule has 0 saturated carbocycles. The molecule has 0 spiro atoms. The lowest BCUT2D eigenvalue weighted by molar-refractivity contribution is 0.112. The number of fused-ring (bicyclic) bond motifs is 1. The number of carbonyl (C=O) groups excluding carboxylic acids is 1. The first kappa shape index (κ1) is 8.94. The predicted octanol–water partition coefficient (Wildman–Crippen LogP) is 2.37. The molecular weight excluding hydrogens is 178 g/mol. The quantitative estimate of drug-likeness (QED) is 0.670. The van der Waals surface area contributed by atoms with Crippen molar-refractivity contribution in [1.82, 2.24) is 0 Å². The van der Waals surface area contributed by atoms with Crippen molar-refractivity contribution in [2.45, 2.75) is 19.4 Å². The molecule has 0 saturated heterocycles. The lowest BCUT2D eigenvalue weighted by Gasteiger charge is -2.19. The van der Waals surface area contributed by atoms with E-state index in [0.29, 0.717) is 5.56 Å². The topological polar surface area (TPSA) is 38.7 Å². The molecule has 0 amide bonds. The molecule has 72 valence electrons. The van der Waals surface area contributed by atoms with Crippen LogP contribution in [0.15, 0.2) is 23.2 Å². The Morgan fingerprint density at radius 1 is 1.57 bits per heavy atom. The van der Waals surface area contributed by atoms with Gasteiger partial charge in [-0.3, -0.25) is 9.79 Å². The van der Waals surface area contributed by atoms with Crippen LogP contribution >= 0.6 is 0 Å². The van der Waals surface area contributed by atoms with Crippen LogP contribution in [-0.4, -0.2) is 18.6 Å². The van der Waals surface area contributed by atoms with Gasteiger partial charge in [0.1, 0.15) is 23.8 Å². The third-order valence-corrected chi connectivity index (χ3v) is 2.18. The summed E-state index contributed by atoms with van der Waals surface area (Å²) >= 11 is 0. The largest absolute Gasteiger partial charge is 0.483 e. The van der Waals surface area contributed by atoms with Crippen LogP contribution < -0.4 is 4.74 Å². The standard InChI is InChI=1S/C11H11NO2/c1-2-9-6-12-10-5-8(7-13)3-4-11(10)14-9/h3-7,9H,2H2,1H3. The van der Waals surface area contributed by atoms with Crippen LogP contribution in [0.2, 0.25) is 0 Å². The summed E-state index contributed by atoms with van der Waals surface area (Å²) in [6.07, 6.45) is 3.54. The second-order valence-electron chi connectivity index (χ2n) is 3.19. The molecule has 1 atom stereocenters. The van der Waals surface area contributed by atoms with Gasteiger partial charge in [-0.15, -0.1) is 0 Å². The highest BCUT2D eigenvalue weighted by Crippen LogP contribution is 2.31. The SMILES string of the molecule is CCC1C=Nc2cc(C=O)ccc2O1. The lowest BCUT2D eigenvalue weighted by Crippen LogP contribution is -2.19. The van der Waals surface area contributed by atoms with Crippen LogP contribution in [0.5, 0.6) is 5.75 Å². The molecule has 1 aliphatic rings. The zero-order chi connectivity index (χ0) is 9.97. The highest BCUT2D eigenvalue weighted by molar-refractivity contribution is 5.81. The number of benzene rings is 1. The van der Waals surface area contributed by atoms with Crippen molar-refractivity contribution >= 4 is 18.2 Å². The van der Waals surface area contributed by atoms with E-state index in [1.54, 1.807) is 24.4 Å². The monoisotopic (exact) mass is 189 g/mol. The average Bonchev–Trinajstić information content (AvgIpc) is 2.27. The molecule has 1 aliphatic heterocycles. The second kappa shape index (κ2) is 3.62. The van der Waals surface area contributed by atoms with Crippen molar-refractivity contribution in [3.63, 3.8) is 0 Å². The summed E-state index contributed by atoms with van der Waals surface area (Å²) < 4.78 is 5.62. The van der Waals surface area contributed by atoms with Crippen molar-refractivity contribution < 1.29 is 9.53 Å². The van der Waals surface area contributed by atoms with Crippen molar-refractivity contribution in [3.8, 4) is 5.75 Å². The van der Waals surface area contributed by atoms with Gasteiger partial charge in [-0.1, -0.05) is 6.92 Å². The molecule has 14 heavy (non-hydrogen) atoms. The highest BCUT2D eigenvalue weighted by Gasteiger charge is 2.13. The van der Waals surface area contributed by atoms with Gasteiger partial charge in [-0.2, -0.15) is 0 Å². The molecule has 0 bridgehead atoms. The maximum absolute atomic E-state index is 10.5. The Bertz CT molecular complexity index is 385. The maximum atomic E-state index is 10.5. The van der Waals surface area contributed by atoms with Crippen molar-refractivity contribution in [1.29, 1.82) is 0 Å². The molecular formula is C11H11NO2. The van der Waals surface area contributed by atoms with E-state index in [2.05, 4.69) is 4.99 Å². The first-order chi connectivity index (χ1) is 6.83. The van der Waals surface area contributed by atoms with Gasteiger partial charge in [-0.25, -0.2) is 0 Å². The molecule has 0 fully saturated rings. The number of carbonyl (C=O) groups is 1. The van der Waals surface area contributed by atoms with Crippen LogP contribution in [0.25, 0.3) is 0 Å². The number of ether oxygens (including phenoxy) is 1. The average molecular weight is 189 g/mol. The van der Waals surface area contributed by atoms with Gasteiger partial charge in [0.15, 0.2) is 0 Å². The molecule has 0 N–H and O–H groups in total. The second-order valence-corrected chi connectivity index (χ2v) is 3.19. The molecule has 3 nitrogen and oxygen atoms in total. The fourth-order valence-electron chi connectivity index (χ4n) is 1.35. The molecule has 0 aliphatic carbocycles. The van der Waals surface area contributed by atoms with Gasteiger partial charge in [-0.05, 0) is 24.6 Å². The molecule has 1 aromatic rings. The molecule has 0 radical (unpaired) electrons. The molecule has 3 heteroatoms. The van der Waals surface area contributed by atoms with Crippen LogP contribution in [0, 0.1) is 0 Å². The maximum Gasteiger partial charge on any atom is 0.150 e. The van der Waals surface area contributed by atoms with E-state index in [-0.39, 0.29) is 6.10 Å². The van der Waals surface area contributed by atoms with Gasteiger partial charge >= 0.3 is 0 Å². The fourth-order valence-corrected chi connectivity index (χ4v) is 1.35. The van der Waals surface area contributed by atoms with Crippen molar-refractivity contribution in [2.24, 2.45) is 4.99 Å². The van der Waals surface area contributed by atoms with E-state index in [1.807, 2.05) is 6.92 Å². The van der Waals surface area contributed by atoms with E-state index >= 15 is 0 Å². The van der Waals surface area contributed by atoms with E-state index < -0.39 is 0 Å². The Hall–Kier alpha value is -1.64. The molecule has 2 rings (SSSR count). The summed E-state index contributed by atoms with van der Waals surface area (Å²) in [4.78, 5) is 14.8. The van der Waals surface area contributed by atoms with Crippen LogP contribution in [-0.2, 0) is 0 Å². The van der Waals surface area contributed by atoms with Crippen LogP contribution in [0.1, 0.15) is 23.7 Å². The minimum absolute atomic E-state index is 0.0598. The Kier molecular flexibility index (Phi) is 2.31. The summed E-state index contributed by atoms with van der Waals surface area (Å²) in [5.41, 5.74) is 1.36. The van der Waals surface area contributed by atoms with Gasteiger partial charge in [0.25, 0.3) is 0 Å². The summed E-state index contributed by atoms with van der Waals surface area (Å²) in [7, 11) is 0. The summed E-state index contributed by atoms with van der Waals surface area (Å²) in [6.45, 7) is 2.04. The van der Waals surface area contributed by atoms with Gasteiger partial charge in [0.2, 0.25) is 0 Å². The number of hydrogen-bond acceptors (Lipinski definition) is 3. The summed E-state index contributed by atoms with van der Waals surface area (Å²) in [5, 5.41) is 0. The number of nitrogens with zero attached hydrogens (tertiary/aromatic N) is 1. The zero-order valence-electron chi connectivity index (χ0n) is 7.93. The minimum Gasteiger partial charge on any atom is -0.483 e. The summed E-state index contributed by atoms with van der Waals surface area (Å²) in [5.74, 6) is 0.755. The van der Waals surface area contributed by atoms with Crippen molar-refractivity contribution in [2.75, 3.05) is 0 Å². The molecule has 1 aromatic carbocycles. The Balaban J connectivity index is 2.36. The first-order valence-corrected chi connectivity index (χ1v) is 4.63. The van der Waals surface area contributed by atoms with Crippen LogP contribution in [0.4, 0.5) is 5.69 Å².